The van der Waals surface area contributed by atoms with Crippen LogP contribution in [0.25, 0.3) is 0 Å². The van der Waals surface area contributed by atoms with Crippen molar-refractivity contribution < 1.29 is 34.5 Å². The molecule has 172 valence electrons. The molecule has 0 radical (unpaired) electrons. The van der Waals surface area contributed by atoms with Gasteiger partial charge in [0, 0.05) is 0 Å². The van der Waals surface area contributed by atoms with Gasteiger partial charge in [0.1, 0.15) is 17.8 Å². The van der Waals surface area contributed by atoms with E-state index in [9.17, 15) is 34.5 Å². The number of carbonyl (C=O) groups excluding carboxylic acids is 3. The van der Waals surface area contributed by atoms with Gasteiger partial charge in [0.2, 0.25) is 17.7 Å². The van der Waals surface area contributed by atoms with Crippen molar-refractivity contribution in [2.24, 2.45) is 11.7 Å². The van der Waals surface area contributed by atoms with Crippen LogP contribution in [0.2, 0.25) is 0 Å². The summed E-state index contributed by atoms with van der Waals surface area (Å²) in [6.45, 7) is 2.35. The van der Waals surface area contributed by atoms with Gasteiger partial charge in [-0.1, -0.05) is 26.0 Å². The normalized spacial score (nSPS) is 13.7. The van der Waals surface area contributed by atoms with E-state index in [4.69, 9.17) is 5.73 Å². The lowest BCUT2D eigenvalue weighted by Crippen LogP contribution is -2.55. The van der Waals surface area contributed by atoms with Gasteiger partial charge in [-0.2, -0.15) is 0 Å². The Morgan fingerprint density at radius 1 is 1.00 bits per heavy atom. The van der Waals surface area contributed by atoms with Crippen LogP contribution >= 0.6 is 0 Å². The maximum Gasteiger partial charge on any atom is 0.326 e. The van der Waals surface area contributed by atoms with Gasteiger partial charge in [-0.3, -0.25) is 14.4 Å². The van der Waals surface area contributed by atoms with Gasteiger partial charge in [-0.25, -0.2) is 4.79 Å². The number of aliphatic hydroxyl groups excluding tert-OH is 1. The second kappa shape index (κ2) is 12.5. The van der Waals surface area contributed by atoms with Crippen LogP contribution in [0.5, 0.6) is 5.75 Å². The lowest BCUT2D eigenvalue weighted by Gasteiger charge is -2.21. The number of carbonyl (C=O) groups is 4. The number of carboxylic acids is 1. The van der Waals surface area contributed by atoms with Gasteiger partial charge in [0.05, 0.1) is 19.2 Å². The van der Waals surface area contributed by atoms with Gasteiger partial charge in [-0.15, -0.1) is 0 Å². The van der Waals surface area contributed by atoms with Crippen molar-refractivity contribution in [1.29, 1.82) is 0 Å². The molecule has 0 saturated heterocycles. The molecule has 1 rings (SSSR count). The molecular weight excluding hydrogens is 408 g/mol. The molecule has 0 fully saturated rings. The monoisotopic (exact) mass is 438 g/mol. The Balaban J connectivity index is 2.52. The smallest absolute Gasteiger partial charge is 0.326 e. The third-order valence-corrected chi connectivity index (χ3v) is 4.31. The highest BCUT2D eigenvalue weighted by molar-refractivity contribution is 5.92. The van der Waals surface area contributed by atoms with E-state index in [1.54, 1.807) is 26.0 Å². The molecule has 3 amide bonds. The summed E-state index contributed by atoms with van der Waals surface area (Å²) < 4.78 is 0. The number of hydrogen-bond donors (Lipinski definition) is 7. The fourth-order valence-electron chi connectivity index (χ4n) is 2.68. The Kier molecular flexibility index (Phi) is 10.4. The van der Waals surface area contributed by atoms with Crippen LogP contribution in [-0.4, -0.2) is 70.3 Å². The molecule has 0 spiro atoms. The number of benzene rings is 1. The lowest BCUT2D eigenvalue weighted by molar-refractivity contribution is -0.143. The molecule has 0 unspecified atom stereocenters. The Bertz CT molecular complexity index is 767. The number of carboxylic acid groups (broad SMARTS) is 1. The van der Waals surface area contributed by atoms with E-state index >= 15 is 0 Å². The number of amides is 3. The lowest BCUT2D eigenvalue weighted by atomic mass is 10.0. The molecule has 0 aliphatic rings. The average molecular weight is 438 g/mol. The van der Waals surface area contributed by atoms with Gasteiger partial charge in [0.15, 0.2) is 0 Å². The Morgan fingerprint density at radius 2 is 1.61 bits per heavy atom. The van der Waals surface area contributed by atoms with E-state index in [-0.39, 0.29) is 24.5 Å². The number of nitrogens with two attached hydrogens (primary N) is 1. The van der Waals surface area contributed by atoms with Crippen molar-refractivity contribution in [2.75, 3.05) is 13.2 Å². The van der Waals surface area contributed by atoms with Crippen molar-refractivity contribution in [1.82, 2.24) is 16.0 Å². The van der Waals surface area contributed by atoms with Crippen LogP contribution < -0.4 is 21.7 Å². The first-order valence-corrected chi connectivity index (χ1v) is 9.78. The molecule has 11 nitrogen and oxygen atoms in total. The number of aliphatic hydroxyl groups is 1. The molecule has 0 aliphatic carbocycles. The zero-order chi connectivity index (χ0) is 23.6. The number of aliphatic carboxylic acids is 1. The van der Waals surface area contributed by atoms with Gasteiger partial charge in [0.25, 0.3) is 0 Å². The second-order valence-electron chi connectivity index (χ2n) is 7.53. The summed E-state index contributed by atoms with van der Waals surface area (Å²) in [7, 11) is 0. The quantitative estimate of drug-likeness (QED) is 0.204. The van der Waals surface area contributed by atoms with Gasteiger partial charge < -0.3 is 37.0 Å². The zero-order valence-corrected chi connectivity index (χ0v) is 17.5. The maximum atomic E-state index is 12.2. The summed E-state index contributed by atoms with van der Waals surface area (Å²) >= 11 is 0. The van der Waals surface area contributed by atoms with Crippen molar-refractivity contribution in [3.8, 4) is 5.75 Å². The number of rotatable bonds is 12. The van der Waals surface area contributed by atoms with Crippen LogP contribution in [0.1, 0.15) is 25.8 Å². The molecule has 8 N–H and O–H groups in total. The van der Waals surface area contributed by atoms with Crippen LogP contribution in [0, 0.1) is 5.92 Å². The highest BCUT2D eigenvalue weighted by atomic mass is 16.4. The number of nitrogens with one attached hydrogen (secondary N) is 3. The number of phenols is 1. The molecule has 11 heteroatoms. The minimum absolute atomic E-state index is 0.00423. The summed E-state index contributed by atoms with van der Waals surface area (Å²) in [6, 6.07) is 2.68. The predicted molar refractivity (Wildman–Crippen MR) is 111 cm³/mol. The molecule has 0 heterocycles. The maximum absolute atomic E-state index is 12.2. The molecular formula is C20H30N4O7. The highest BCUT2D eigenvalue weighted by Crippen LogP contribution is 2.10. The van der Waals surface area contributed by atoms with Crippen LogP contribution in [0.3, 0.4) is 0 Å². The molecule has 0 aromatic heterocycles. The first-order valence-electron chi connectivity index (χ1n) is 9.78. The summed E-state index contributed by atoms with van der Waals surface area (Å²) in [6.07, 6.45) is 0.365. The third kappa shape index (κ3) is 9.45. The minimum atomic E-state index is -1.37. The Hall–Kier alpha value is -3.18. The molecule has 0 saturated carbocycles. The first-order chi connectivity index (χ1) is 14.5. The summed E-state index contributed by atoms with van der Waals surface area (Å²) in [5.41, 5.74) is 6.52. The fraction of sp³-hybridized carbons (Fsp3) is 0.500. The summed E-state index contributed by atoms with van der Waals surface area (Å²) in [4.78, 5) is 47.6. The van der Waals surface area contributed by atoms with E-state index in [0.717, 1.165) is 5.56 Å². The third-order valence-electron chi connectivity index (χ3n) is 4.31. The molecule has 1 aromatic rings. The highest BCUT2D eigenvalue weighted by Gasteiger charge is 2.27. The molecule has 31 heavy (non-hydrogen) atoms. The van der Waals surface area contributed by atoms with E-state index in [2.05, 4.69) is 16.0 Å². The van der Waals surface area contributed by atoms with Crippen molar-refractivity contribution >= 4 is 23.7 Å². The fourth-order valence-corrected chi connectivity index (χ4v) is 2.68. The van der Waals surface area contributed by atoms with E-state index < -0.39 is 55.0 Å². The molecule has 0 bridgehead atoms. The van der Waals surface area contributed by atoms with Gasteiger partial charge in [-0.05, 0) is 36.5 Å². The first kappa shape index (κ1) is 25.9. The van der Waals surface area contributed by atoms with E-state index in [1.165, 1.54) is 12.1 Å². The zero-order valence-electron chi connectivity index (χ0n) is 17.5. The van der Waals surface area contributed by atoms with Gasteiger partial charge >= 0.3 is 5.97 Å². The number of phenolic OH excluding ortho intramolecular Hbond substituents is 1. The standard InChI is InChI=1S/C20H30N4O7/c1-11(2)7-15(20(30)31)24-19(29)16(10-25)23-17(27)9-22-18(28)14(21)8-12-3-5-13(26)6-4-12/h3-6,11,14-16,25-26H,7-10,21H2,1-2H3,(H,22,28)(H,23,27)(H,24,29)(H,30,31)/t14-,15-,16-/m0/s1. The Labute approximate surface area is 180 Å². The average Bonchev–Trinajstić information content (AvgIpc) is 2.70. The van der Waals surface area contributed by atoms with E-state index in [1.807, 2.05) is 0 Å². The molecule has 0 aliphatic heterocycles. The van der Waals surface area contributed by atoms with Crippen molar-refractivity contribution in [2.45, 2.75) is 44.8 Å². The van der Waals surface area contributed by atoms with Crippen LogP contribution in [0.4, 0.5) is 0 Å². The molecule has 1 aromatic carbocycles. The van der Waals surface area contributed by atoms with Crippen molar-refractivity contribution in [3.63, 3.8) is 0 Å². The minimum Gasteiger partial charge on any atom is -0.508 e. The molecule has 3 atom stereocenters. The van der Waals surface area contributed by atoms with Crippen molar-refractivity contribution in [3.05, 3.63) is 29.8 Å². The topological polar surface area (TPSA) is 191 Å². The number of aromatic hydroxyl groups is 1. The second-order valence-corrected chi connectivity index (χ2v) is 7.53. The van der Waals surface area contributed by atoms with Crippen LogP contribution in [0.15, 0.2) is 24.3 Å². The predicted octanol–water partition coefficient (Wildman–Crippen LogP) is -1.53. The number of hydrogen-bond acceptors (Lipinski definition) is 7. The summed E-state index contributed by atoms with van der Waals surface area (Å²) in [5.74, 6) is -3.34. The largest absolute Gasteiger partial charge is 0.508 e. The Morgan fingerprint density at radius 3 is 2.13 bits per heavy atom. The SMILES string of the molecule is CC(C)C[C@H](NC(=O)[C@H](CO)NC(=O)CNC(=O)[C@@H](N)Cc1ccc(O)cc1)C(=O)O. The summed E-state index contributed by atoms with van der Waals surface area (Å²) in [5, 5.41) is 34.7. The van der Waals surface area contributed by atoms with Crippen LogP contribution in [-0.2, 0) is 25.6 Å². The van der Waals surface area contributed by atoms with E-state index in [0.29, 0.717) is 0 Å².